The van der Waals surface area contributed by atoms with Crippen molar-refractivity contribution in [2.24, 2.45) is 0 Å². The van der Waals surface area contributed by atoms with E-state index < -0.39 is 17.7 Å². The van der Waals surface area contributed by atoms with E-state index in [1.165, 1.54) is 4.90 Å². The highest BCUT2D eigenvalue weighted by molar-refractivity contribution is 6.46. The molecule has 1 atom stereocenters. The Morgan fingerprint density at radius 1 is 1.00 bits per heavy atom. The van der Waals surface area contributed by atoms with Crippen molar-refractivity contribution in [3.05, 3.63) is 64.7 Å². The zero-order valence-corrected chi connectivity index (χ0v) is 20.2. The fourth-order valence-electron chi connectivity index (χ4n) is 4.04. The average Bonchev–Trinajstić information content (AvgIpc) is 3.00. The van der Waals surface area contributed by atoms with Gasteiger partial charge in [-0.1, -0.05) is 19.1 Å². The summed E-state index contributed by atoms with van der Waals surface area (Å²) in [5, 5.41) is 11.2. The van der Waals surface area contributed by atoms with Crippen LogP contribution in [0.1, 0.15) is 63.8 Å². The van der Waals surface area contributed by atoms with E-state index >= 15 is 0 Å². The predicted octanol–water partition coefficient (Wildman–Crippen LogP) is 5.40. The third-order valence-electron chi connectivity index (χ3n) is 5.38. The van der Waals surface area contributed by atoms with Gasteiger partial charge in [0.2, 0.25) is 0 Å². The Morgan fingerprint density at radius 2 is 1.64 bits per heavy atom. The van der Waals surface area contributed by atoms with Gasteiger partial charge in [0.1, 0.15) is 17.3 Å². The monoisotopic (exact) mass is 451 g/mol. The zero-order valence-electron chi connectivity index (χ0n) is 20.2. The van der Waals surface area contributed by atoms with Crippen molar-refractivity contribution in [2.45, 2.75) is 66.2 Å². The number of amides is 1. The zero-order chi connectivity index (χ0) is 24.3. The third-order valence-corrected chi connectivity index (χ3v) is 5.38. The van der Waals surface area contributed by atoms with Crippen LogP contribution in [0.4, 0.5) is 0 Å². The van der Waals surface area contributed by atoms with E-state index in [2.05, 4.69) is 0 Å². The summed E-state index contributed by atoms with van der Waals surface area (Å²) in [6.45, 7) is 12.0. The SMILES string of the molecule is CCCN1C(=O)C(=O)/C(=C(\O)c2ccc(OC(C)C)c(C)c2)C1c1ccc(OC(C)C)cc1. The lowest BCUT2D eigenvalue weighted by atomic mass is 9.94. The Balaban J connectivity index is 2.08. The van der Waals surface area contributed by atoms with Crippen molar-refractivity contribution in [3.8, 4) is 11.5 Å². The van der Waals surface area contributed by atoms with Crippen molar-refractivity contribution in [3.63, 3.8) is 0 Å². The first kappa shape index (κ1) is 24.4. The maximum absolute atomic E-state index is 13.0. The molecule has 0 aromatic heterocycles. The minimum absolute atomic E-state index is 0.0187. The number of aryl methyl sites for hydroxylation is 1. The van der Waals surface area contributed by atoms with Gasteiger partial charge in [0.25, 0.3) is 11.7 Å². The second-order valence-corrected chi connectivity index (χ2v) is 8.88. The number of likely N-dealkylation sites (tertiary alicyclic amines) is 1. The van der Waals surface area contributed by atoms with Crippen LogP contribution in [0.2, 0.25) is 0 Å². The number of rotatable bonds is 8. The van der Waals surface area contributed by atoms with Gasteiger partial charge in [0, 0.05) is 12.1 Å². The average molecular weight is 452 g/mol. The maximum atomic E-state index is 13.0. The minimum atomic E-state index is -0.673. The summed E-state index contributed by atoms with van der Waals surface area (Å²) < 4.78 is 11.5. The molecule has 1 heterocycles. The number of hydrogen-bond acceptors (Lipinski definition) is 5. The molecule has 2 aromatic rings. The molecule has 2 aromatic carbocycles. The molecule has 1 amide bonds. The van der Waals surface area contributed by atoms with Crippen LogP contribution in [0.15, 0.2) is 48.0 Å². The van der Waals surface area contributed by atoms with Gasteiger partial charge in [-0.3, -0.25) is 9.59 Å². The molecule has 1 N–H and O–H groups in total. The van der Waals surface area contributed by atoms with Crippen LogP contribution in [-0.4, -0.2) is 40.4 Å². The standard InChI is InChI=1S/C27H33NO5/c1-7-14-28-24(19-8-11-21(12-9-19)32-16(2)3)23(26(30)27(28)31)25(29)20-10-13-22(18(6)15-20)33-17(4)5/h8-13,15-17,24,29H,7,14H2,1-6H3/b25-23-. The molecule has 0 spiro atoms. The number of hydrogen-bond donors (Lipinski definition) is 1. The minimum Gasteiger partial charge on any atom is -0.507 e. The predicted molar refractivity (Wildman–Crippen MR) is 128 cm³/mol. The van der Waals surface area contributed by atoms with Crippen LogP contribution in [-0.2, 0) is 9.59 Å². The molecule has 0 aliphatic carbocycles. The molecule has 1 saturated heterocycles. The summed E-state index contributed by atoms with van der Waals surface area (Å²) in [7, 11) is 0. The Hall–Kier alpha value is -3.28. The molecule has 1 unspecified atom stereocenters. The quantitative estimate of drug-likeness (QED) is 0.330. The number of aliphatic hydroxyl groups is 1. The largest absolute Gasteiger partial charge is 0.507 e. The highest BCUT2D eigenvalue weighted by atomic mass is 16.5. The second kappa shape index (κ2) is 10.1. The first-order chi connectivity index (χ1) is 15.6. The van der Waals surface area contributed by atoms with Crippen LogP contribution < -0.4 is 9.47 Å². The van der Waals surface area contributed by atoms with Gasteiger partial charge in [0.05, 0.1) is 23.8 Å². The normalized spacial score (nSPS) is 17.8. The summed E-state index contributed by atoms with van der Waals surface area (Å²) in [6.07, 6.45) is 0.746. The molecule has 176 valence electrons. The van der Waals surface area contributed by atoms with Crippen molar-refractivity contribution in [1.29, 1.82) is 0 Å². The molecule has 6 heteroatoms. The highest BCUT2D eigenvalue weighted by Crippen LogP contribution is 2.40. The van der Waals surface area contributed by atoms with E-state index in [0.717, 1.165) is 11.1 Å². The van der Waals surface area contributed by atoms with E-state index in [1.54, 1.807) is 18.2 Å². The van der Waals surface area contributed by atoms with Crippen LogP contribution in [0.25, 0.3) is 5.76 Å². The van der Waals surface area contributed by atoms with Gasteiger partial charge in [-0.2, -0.15) is 0 Å². The molecule has 1 fully saturated rings. The molecular weight excluding hydrogens is 418 g/mol. The molecular formula is C27H33NO5. The van der Waals surface area contributed by atoms with E-state index in [9.17, 15) is 14.7 Å². The topological polar surface area (TPSA) is 76.1 Å². The first-order valence-electron chi connectivity index (χ1n) is 11.5. The lowest BCUT2D eigenvalue weighted by Gasteiger charge is -2.25. The maximum Gasteiger partial charge on any atom is 0.295 e. The summed E-state index contributed by atoms with van der Waals surface area (Å²) in [5.41, 5.74) is 2.16. The van der Waals surface area contributed by atoms with Gasteiger partial charge in [0.15, 0.2) is 0 Å². The molecule has 0 radical (unpaired) electrons. The van der Waals surface area contributed by atoms with E-state index in [-0.39, 0.29) is 23.5 Å². The fourth-order valence-corrected chi connectivity index (χ4v) is 4.04. The van der Waals surface area contributed by atoms with Crippen LogP contribution in [0.3, 0.4) is 0 Å². The number of nitrogens with zero attached hydrogens (tertiary/aromatic N) is 1. The Morgan fingerprint density at radius 3 is 2.18 bits per heavy atom. The van der Waals surface area contributed by atoms with Gasteiger partial charge in [-0.05, 0) is 82.5 Å². The Kier molecular flexibility index (Phi) is 7.46. The summed E-state index contributed by atoms with van der Waals surface area (Å²) in [5.74, 6) is -0.0301. The molecule has 0 saturated carbocycles. The number of ether oxygens (including phenoxy) is 2. The van der Waals surface area contributed by atoms with Gasteiger partial charge in [-0.25, -0.2) is 0 Å². The molecule has 3 rings (SSSR count). The summed E-state index contributed by atoms with van der Waals surface area (Å²) in [6, 6.07) is 11.9. The highest BCUT2D eigenvalue weighted by Gasteiger charge is 2.45. The van der Waals surface area contributed by atoms with Crippen molar-refractivity contribution in [1.82, 2.24) is 4.90 Å². The van der Waals surface area contributed by atoms with Crippen LogP contribution in [0, 0.1) is 6.92 Å². The lowest BCUT2D eigenvalue weighted by Crippen LogP contribution is -2.30. The van der Waals surface area contributed by atoms with Crippen LogP contribution in [0.5, 0.6) is 11.5 Å². The lowest BCUT2D eigenvalue weighted by molar-refractivity contribution is -0.139. The van der Waals surface area contributed by atoms with Crippen molar-refractivity contribution in [2.75, 3.05) is 6.54 Å². The number of aliphatic hydroxyl groups excluding tert-OH is 1. The van der Waals surface area contributed by atoms with Crippen LogP contribution >= 0.6 is 0 Å². The number of carbonyl (C=O) groups is 2. The molecule has 0 bridgehead atoms. The first-order valence-corrected chi connectivity index (χ1v) is 11.5. The Labute approximate surface area is 195 Å². The van der Waals surface area contributed by atoms with Crippen molar-refractivity contribution < 1.29 is 24.2 Å². The number of ketones is 1. The van der Waals surface area contributed by atoms with Gasteiger partial charge in [-0.15, -0.1) is 0 Å². The fraction of sp³-hybridized carbons (Fsp3) is 0.407. The smallest absolute Gasteiger partial charge is 0.295 e. The number of Topliss-reactive ketones (excluding diaryl/α,β-unsaturated/α-hetero) is 1. The second-order valence-electron chi connectivity index (χ2n) is 8.88. The number of benzene rings is 2. The molecule has 1 aliphatic heterocycles. The van der Waals surface area contributed by atoms with E-state index in [4.69, 9.17) is 9.47 Å². The van der Waals surface area contributed by atoms with E-state index in [1.807, 2.05) is 65.8 Å². The number of carbonyl (C=O) groups excluding carboxylic acids is 2. The molecule has 33 heavy (non-hydrogen) atoms. The third kappa shape index (κ3) is 5.21. The molecule has 6 nitrogen and oxygen atoms in total. The summed E-state index contributed by atoms with van der Waals surface area (Å²) >= 11 is 0. The van der Waals surface area contributed by atoms with Gasteiger partial charge >= 0.3 is 0 Å². The van der Waals surface area contributed by atoms with Gasteiger partial charge < -0.3 is 19.5 Å². The van der Waals surface area contributed by atoms with Crippen molar-refractivity contribution >= 4 is 17.4 Å². The van der Waals surface area contributed by atoms with E-state index in [0.29, 0.717) is 30.0 Å². The summed E-state index contributed by atoms with van der Waals surface area (Å²) in [4.78, 5) is 27.4. The Bertz CT molecular complexity index is 1050. The molecule has 1 aliphatic rings.